The second kappa shape index (κ2) is 5.79. The first kappa shape index (κ1) is 12.8. The molecule has 1 unspecified atom stereocenters. The molecule has 1 amide bonds. The number of nitrogens with zero attached hydrogens (tertiary/aromatic N) is 1. The molecular weight excluding hydrogens is 248 g/mol. The average Bonchev–Trinajstić information content (AvgIpc) is 2.98. The molecule has 0 saturated carbocycles. The summed E-state index contributed by atoms with van der Waals surface area (Å²) in [6.45, 7) is 2.00. The zero-order chi connectivity index (χ0) is 13.0. The van der Waals surface area contributed by atoms with Crippen molar-refractivity contribution in [2.45, 2.75) is 25.8 Å². The Morgan fingerprint density at radius 2 is 2.50 bits per heavy atom. The normalized spacial score (nSPS) is 12.3. The molecule has 0 fully saturated rings. The van der Waals surface area contributed by atoms with Crippen molar-refractivity contribution in [3.63, 3.8) is 0 Å². The maximum Gasteiger partial charge on any atom is 0.242 e. The number of nitrogens with two attached hydrogens (primary N) is 1. The Bertz CT molecular complexity index is 506. The van der Waals surface area contributed by atoms with E-state index < -0.39 is 6.04 Å². The van der Waals surface area contributed by atoms with Gasteiger partial charge in [-0.25, -0.2) is 0 Å². The molecule has 0 radical (unpaired) electrons. The van der Waals surface area contributed by atoms with Crippen LogP contribution in [0.2, 0.25) is 0 Å². The van der Waals surface area contributed by atoms with Crippen molar-refractivity contribution in [3.05, 3.63) is 23.6 Å². The van der Waals surface area contributed by atoms with Crippen LogP contribution in [-0.2, 0) is 4.79 Å². The molecule has 1 atom stereocenters. The minimum absolute atomic E-state index is 0.193. The monoisotopic (exact) mass is 264 g/mol. The minimum Gasteiger partial charge on any atom is -0.320 e. The number of anilines is 1. The van der Waals surface area contributed by atoms with E-state index in [0.29, 0.717) is 12.2 Å². The highest BCUT2D eigenvalue weighted by molar-refractivity contribution is 7.13. The van der Waals surface area contributed by atoms with Gasteiger partial charge in [-0.3, -0.25) is 9.89 Å². The van der Waals surface area contributed by atoms with Crippen LogP contribution in [-0.4, -0.2) is 22.1 Å². The van der Waals surface area contributed by atoms with E-state index in [1.807, 2.05) is 30.5 Å². The van der Waals surface area contributed by atoms with Crippen LogP contribution in [0, 0.1) is 0 Å². The van der Waals surface area contributed by atoms with Gasteiger partial charge in [0.05, 0.1) is 16.6 Å². The van der Waals surface area contributed by atoms with Crippen molar-refractivity contribution >= 4 is 23.1 Å². The number of hydrogen-bond acceptors (Lipinski definition) is 4. The molecule has 0 aliphatic heterocycles. The van der Waals surface area contributed by atoms with Crippen LogP contribution >= 0.6 is 11.3 Å². The largest absolute Gasteiger partial charge is 0.320 e. The Morgan fingerprint density at radius 3 is 3.17 bits per heavy atom. The highest BCUT2D eigenvalue weighted by Crippen LogP contribution is 2.24. The number of rotatable bonds is 5. The van der Waals surface area contributed by atoms with Gasteiger partial charge in [0.15, 0.2) is 5.82 Å². The first-order chi connectivity index (χ1) is 8.70. The molecular formula is C12H16N4OS. The topological polar surface area (TPSA) is 83.8 Å². The van der Waals surface area contributed by atoms with Crippen LogP contribution in [0.3, 0.4) is 0 Å². The number of nitrogens with one attached hydrogen (secondary N) is 2. The molecule has 0 aromatic carbocycles. The second-order valence-corrected chi connectivity index (χ2v) is 4.98. The van der Waals surface area contributed by atoms with Gasteiger partial charge >= 0.3 is 0 Å². The second-order valence-electron chi connectivity index (χ2n) is 4.03. The third-order valence-electron chi connectivity index (χ3n) is 2.55. The smallest absolute Gasteiger partial charge is 0.242 e. The third-order valence-corrected chi connectivity index (χ3v) is 3.46. The van der Waals surface area contributed by atoms with Gasteiger partial charge in [0.25, 0.3) is 0 Å². The number of aromatic nitrogens is 2. The van der Waals surface area contributed by atoms with Crippen molar-refractivity contribution in [2.24, 2.45) is 5.73 Å². The van der Waals surface area contributed by atoms with E-state index in [9.17, 15) is 4.79 Å². The van der Waals surface area contributed by atoms with Crippen LogP contribution in [0.15, 0.2) is 23.6 Å². The molecule has 6 heteroatoms. The molecule has 0 bridgehead atoms. The Hall–Kier alpha value is -1.66. The highest BCUT2D eigenvalue weighted by Gasteiger charge is 2.14. The summed E-state index contributed by atoms with van der Waals surface area (Å²) in [5.74, 6) is 0.316. The van der Waals surface area contributed by atoms with Crippen LogP contribution in [0.1, 0.15) is 19.8 Å². The van der Waals surface area contributed by atoms with Gasteiger partial charge in [-0.05, 0) is 17.9 Å². The van der Waals surface area contributed by atoms with Crippen molar-refractivity contribution in [1.82, 2.24) is 10.2 Å². The van der Waals surface area contributed by atoms with Gasteiger partial charge in [0, 0.05) is 6.07 Å². The minimum atomic E-state index is -0.475. The quantitative estimate of drug-likeness (QED) is 0.774. The standard InChI is InChI=1S/C12H16N4OS/c1-2-4-8(13)12(17)14-11-7-9(15-16-11)10-5-3-6-18-10/h3,5-8H,2,4,13H2,1H3,(H2,14,15,16,17). The zero-order valence-electron chi connectivity index (χ0n) is 10.1. The van der Waals surface area contributed by atoms with Gasteiger partial charge in [-0.15, -0.1) is 11.3 Å². The molecule has 0 spiro atoms. The summed E-state index contributed by atoms with van der Waals surface area (Å²) in [4.78, 5) is 12.8. The number of carbonyl (C=O) groups excluding carboxylic acids is 1. The van der Waals surface area contributed by atoms with Gasteiger partial charge in [0.1, 0.15) is 0 Å². The molecule has 0 saturated heterocycles. The summed E-state index contributed by atoms with van der Waals surface area (Å²) < 4.78 is 0. The molecule has 2 heterocycles. The van der Waals surface area contributed by atoms with Gasteiger partial charge in [0.2, 0.25) is 5.91 Å². The fourth-order valence-corrected chi connectivity index (χ4v) is 2.30. The number of H-pyrrole nitrogens is 1. The molecule has 0 aliphatic carbocycles. The fraction of sp³-hybridized carbons (Fsp3) is 0.333. The summed E-state index contributed by atoms with van der Waals surface area (Å²) in [6, 6.07) is 5.29. The lowest BCUT2D eigenvalue weighted by Crippen LogP contribution is -2.35. The number of aromatic amines is 1. The summed E-state index contributed by atoms with van der Waals surface area (Å²) >= 11 is 1.61. The van der Waals surface area contributed by atoms with Crippen molar-refractivity contribution in [2.75, 3.05) is 5.32 Å². The average molecular weight is 264 g/mol. The Kier molecular flexibility index (Phi) is 4.11. The lowest BCUT2D eigenvalue weighted by Gasteiger charge is -2.08. The van der Waals surface area contributed by atoms with Crippen LogP contribution in [0.25, 0.3) is 10.6 Å². The predicted molar refractivity (Wildman–Crippen MR) is 73.4 cm³/mol. The molecule has 96 valence electrons. The first-order valence-electron chi connectivity index (χ1n) is 5.86. The molecule has 18 heavy (non-hydrogen) atoms. The molecule has 0 aliphatic rings. The Morgan fingerprint density at radius 1 is 1.67 bits per heavy atom. The van der Waals surface area contributed by atoms with E-state index in [0.717, 1.165) is 17.0 Å². The Labute approximate surface area is 109 Å². The summed E-state index contributed by atoms with van der Waals surface area (Å²) in [5.41, 5.74) is 6.62. The number of thiophene rings is 1. The summed E-state index contributed by atoms with van der Waals surface area (Å²) in [7, 11) is 0. The maximum atomic E-state index is 11.7. The molecule has 5 nitrogen and oxygen atoms in total. The number of carbonyl (C=O) groups is 1. The van der Waals surface area contributed by atoms with Crippen LogP contribution in [0.5, 0.6) is 0 Å². The highest BCUT2D eigenvalue weighted by atomic mass is 32.1. The van der Waals surface area contributed by atoms with E-state index in [1.165, 1.54) is 0 Å². The molecule has 2 aromatic rings. The maximum absolute atomic E-state index is 11.7. The molecule has 4 N–H and O–H groups in total. The zero-order valence-corrected chi connectivity index (χ0v) is 11.0. The summed E-state index contributed by atoms with van der Waals surface area (Å²) in [5, 5.41) is 11.6. The van der Waals surface area contributed by atoms with E-state index in [1.54, 1.807) is 11.3 Å². The lowest BCUT2D eigenvalue weighted by atomic mass is 10.2. The third kappa shape index (κ3) is 2.96. The van der Waals surface area contributed by atoms with Crippen LogP contribution in [0.4, 0.5) is 5.82 Å². The SMILES string of the molecule is CCCC(N)C(=O)Nc1cc(-c2cccs2)[nH]n1. The summed E-state index contributed by atoms with van der Waals surface area (Å²) in [6.07, 6.45) is 1.56. The van der Waals surface area contributed by atoms with Crippen molar-refractivity contribution < 1.29 is 4.79 Å². The number of amides is 1. The fourth-order valence-electron chi connectivity index (χ4n) is 1.60. The lowest BCUT2D eigenvalue weighted by molar-refractivity contribution is -0.117. The van der Waals surface area contributed by atoms with E-state index >= 15 is 0 Å². The van der Waals surface area contributed by atoms with E-state index in [2.05, 4.69) is 15.5 Å². The van der Waals surface area contributed by atoms with Gasteiger partial charge in [-0.1, -0.05) is 19.4 Å². The van der Waals surface area contributed by atoms with Gasteiger partial charge in [-0.2, -0.15) is 5.10 Å². The van der Waals surface area contributed by atoms with E-state index in [4.69, 9.17) is 5.73 Å². The van der Waals surface area contributed by atoms with Crippen molar-refractivity contribution in [3.8, 4) is 10.6 Å². The first-order valence-corrected chi connectivity index (χ1v) is 6.74. The Balaban J connectivity index is 2.01. The van der Waals surface area contributed by atoms with E-state index in [-0.39, 0.29) is 5.91 Å². The predicted octanol–water partition coefficient (Wildman–Crippen LogP) is 2.20. The van der Waals surface area contributed by atoms with Gasteiger partial charge < -0.3 is 11.1 Å². The van der Waals surface area contributed by atoms with Crippen molar-refractivity contribution in [1.29, 1.82) is 0 Å². The molecule has 2 aromatic heterocycles. The number of hydrogen-bond donors (Lipinski definition) is 3. The molecule has 2 rings (SSSR count). The van der Waals surface area contributed by atoms with Crippen LogP contribution < -0.4 is 11.1 Å².